The monoisotopic (exact) mass is 822 g/mol. The Morgan fingerprint density at radius 3 is 1.35 bits per heavy atom. The molecule has 0 heteroatoms. The summed E-state index contributed by atoms with van der Waals surface area (Å²) in [4.78, 5) is 0. The maximum Gasteiger partial charge on any atom is 0.0352 e. The van der Waals surface area contributed by atoms with E-state index in [9.17, 15) is 0 Å². The lowest BCUT2D eigenvalue weighted by Gasteiger charge is -2.21. The van der Waals surface area contributed by atoms with Gasteiger partial charge in [0.2, 0.25) is 0 Å². The van der Waals surface area contributed by atoms with E-state index in [1.54, 1.807) is 0 Å². The molecule has 12 aromatic rings. The van der Waals surface area contributed by atoms with E-state index in [4.69, 9.17) is 0 Å². The van der Waals surface area contributed by atoms with E-state index in [0.29, 0.717) is 0 Å². The lowest BCUT2D eigenvalue weighted by molar-refractivity contribution is 1.02. The van der Waals surface area contributed by atoms with E-state index in [2.05, 4.69) is 249 Å². The highest BCUT2D eigenvalue weighted by atomic mass is 14.3. The molecule has 1 aliphatic rings. The summed E-state index contributed by atoms with van der Waals surface area (Å²) in [7, 11) is 0. The standard InChI is InChI=1S/C65H42/c1-3-17-42(18-4-1)48-38-49(43-19-5-2-6-20-43)40-50(39-48)51-35-36-61(53-24-10-9-23-52(51)53)65-59-29-15-13-27-57(59)63(58-28-14-16-30-60(58)65)47-33-34-55-54-25-11-12-26-56(54)64(62(55)41-47)46-32-31-44-21-7-8-22-45(44)37-46/h1-41,64H. The van der Waals surface area contributed by atoms with Crippen LogP contribution in [-0.2, 0) is 0 Å². The second kappa shape index (κ2) is 15.2. The zero-order valence-electron chi connectivity index (χ0n) is 35.7. The molecule has 0 amide bonds. The minimum absolute atomic E-state index is 0.143. The summed E-state index contributed by atoms with van der Waals surface area (Å²) in [6, 6.07) is 92.4. The van der Waals surface area contributed by atoms with Crippen LogP contribution in [-0.4, -0.2) is 0 Å². The molecule has 0 fully saturated rings. The van der Waals surface area contributed by atoms with Crippen molar-refractivity contribution in [1.82, 2.24) is 0 Å². The Balaban J connectivity index is 1.01. The Morgan fingerprint density at radius 1 is 0.215 bits per heavy atom. The normalized spacial score (nSPS) is 13.1. The third-order valence-electron chi connectivity index (χ3n) is 13.9. The third-order valence-corrected chi connectivity index (χ3v) is 13.9. The maximum absolute atomic E-state index is 2.50. The fourth-order valence-electron chi connectivity index (χ4n) is 11.0. The molecular weight excluding hydrogens is 781 g/mol. The van der Waals surface area contributed by atoms with Gasteiger partial charge in [0.25, 0.3) is 0 Å². The minimum Gasteiger partial charge on any atom is -0.0622 e. The smallest absolute Gasteiger partial charge is 0.0352 e. The first kappa shape index (κ1) is 37.3. The Kier molecular flexibility index (Phi) is 8.71. The van der Waals surface area contributed by atoms with E-state index in [0.717, 1.165) is 0 Å². The summed E-state index contributed by atoms with van der Waals surface area (Å²) in [6.07, 6.45) is 0. The van der Waals surface area contributed by atoms with Crippen molar-refractivity contribution >= 4 is 43.1 Å². The van der Waals surface area contributed by atoms with Gasteiger partial charge in [-0.2, -0.15) is 0 Å². The molecule has 0 saturated carbocycles. The molecule has 0 nitrogen and oxygen atoms in total. The first-order chi connectivity index (χ1) is 32.2. The van der Waals surface area contributed by atoms with E-state index < -0.39 is 0 Å². The molecule has 0 radical (unpaired) electrons. The lowest BCUT2D eigenvalue weighted by atomic mass is 9.82. The van der Waals surface area contributed by atoms with Crippen LogP contribution in [0.4, 0.5) is 0 Å². The molecule has 0 aliphatic heterocycles. The van der Waals surface area contributed by atoms with Crippen molar-refractivity contribution in [3.8, 4) is 66.8 Å². The molecule has 0 heterocycles. The minimum atomic E-state index is 0.143. The number of hydrogen-bond donors (Lipinski definition) is 0. The molecule has 0 spiro atoms. The topological polar surface area (TPSA) is 0 Å². The molecule has 13 rings (SSSR count). The molecule has 65 heavy (non-hydrogen) atoms. The molecule has 0 saturated heterocycles. The summed E-state index contributed by atoms with van der Waals surface area (Å²) in [6.45, 7) is 0. The Labute approximate surface area is 379 Å². The van der Waals surface area contributed by atoms with E-state index in [-0.39, 0.29) is 5.92 Å². The van der Waals surface area contributed by atoms with Gasteiger partial charge < -0.3 is 0 Å². The largest absolute Gasteiger partial charge is 0.0622 e. The van der Waals surface area contributed by atoms with Gasteiger partial charge in [0.1, 0.15) is 0 Å². The summed E-state index contributed by atoms with van der Waals surface area (Å²) < 4.78 is 0. The van der Waals surface area contributed by atoms with Crippen molar-refractivity contribution in [1.29, 1.82) is 0 Å². The highest BCUT2D eigenvalue weighted by Gasteiger charge is 2.31. The van der Waals surface area contributed by atoms with Gasteiger partial charge in [-0.3, -0.25) is 0 Å². The summed E-state index contributed by atoms with van der Waals surface area (Å²) >= 11 is 0. The van der Waals surface area contributed by atoms with Gasteiger partial charge in [-0.25, -0.2) is 0 Å². The fraction of sp³-hybridized carbons (Fsp3) is 0.0154. The Morgan fingerprint density at radius 2 is 0.692 bits per heavy atom. The Hall–Kier alpha value is -8.32. The fourth-order valence-corrected chi connectivity index (χ4v) is 11.0. The van der Waals surface area contributed by atoms with Gasteiger partial charge in [-0.1, -0.05) is 224 Å². The van der Waals surface area contributed by atoms with Crippen LogP contribution in [0.15, 0.2) is 249 Å². The van der Waals surface area contributed by atoms with Crippen LogP contribution in [0.2, 0.25) is 0 Å². The molecule has 1 unspecified atom stereocenters. The van der Waals surface area contributed by atoms with Crippen LogP contribution in [0.3, 0.4) is 0 Å². The average molecular weight is 823 g/mol. The maximum atomic E-state index is 2.50. The number of hydrogen-bond acceptors (Lipinski definition) is 0. The van der Waals surface area contributed by atoms with Gasteiger partial charge in [0, 0.05) is 5.92 Å². The van der Waals surface area contributed by atoms with Crippen LogP contribution in [0.1, 0.15) is 22.6 Å². The van der Waals surface area contributed by atoms with Crippen LogP contribution < -0.4 is 0 Å². The molecular formula is C65H42. The van der Waals surface area contributed by atoms with Crippen molar-refractivity contribution in [3.05, 3.63) is 265 Å². The first-order valence-electron chi connectivity index (χ1n) is 22.7. The summed E-state index contributed by atoms with van der Waals surface area (Å²) in [5, 5.41) is 10.1. The molecule has 0 N–H and O–H groups in total. The second-order valence-electron chi connectivity index (χ2n) is 17.5. The molecule has 1 aliphatic carbocycles. The van der Waals surface area contributed by atoms with E-state index >= 15 is 0 Å². The predicted octanol–water partition coefficient (Wildman–Crippen LogP) is 17.8. The van der Waals surface area contributed by atoms with Crippen molar-refractivity contribution in [2.24, 2.45) is 0 Å². The van der Waals surface area contributed by atoms with Crippen molar-refractivity contribution in [2.75, 3.05) is 0 Å². The number of rotatable bonds is 6. The van der Waals surface area contributed by atoms with E-state index in [1.807, 2.05) is 0 Å². The summed E-state index contributed by atoms with van der Waals surface area (Å²) in [5.74, 6) is 0.143. The van der Waals surface area contributed by atoms with Crippen LogP contribution in [0.25, 0.3) is 110 Å². The molecule has 302 valence electrons. The van der Waals surface area contributed by atoms with E-state index in [1.165, 1.54) is 127 Å². The van der Waals surface area contributed by atoms with Gasteiger partial charge in [-0.05, 0) is 151 Å². The third kappa shape index (κ3) is 6.14. The van der Waals surface area contributed by atoms with Crippen LogP contribution in [0.5, 0.6) is 0 Å². The zero-order chi connectivity index (χ0) is 42.8. The molecule has 12 aromatic carbocycles. The van der Waals surface area contributed by atoms with Crippen LogP contribution >= 0.6 is 0 Å². The number of fused-ring (bicyclic) bond motifs is 7. The molecule has 1 atom stereocenters. The predicted molar refractivity (Wildman–Crippen MR) is 276 cm³/mol. The summed E-state index contributed by atoms with van der Waals surface area (Å²) in [5.41, 5.74) is 19.0. The van der Waals surface area contributed by atoms with Crippen LogP contribution in [0, 0.1) is 0 Å². The quantitative estimate of drug-likeness (QED) is 0.147. The van der Waals surface area contributed by atoms with Gasteiger partial charge in [0.15, 0.2) is 0 Å². The van der Waals surface area contributed by atoms with Crippen molar-refractivity contribution < 1.29 is 0 Å². The van der Waals surface area contributed by atoms with Gasteiger partial charge in [-0.15, -0.1) is 0 Å². The van der Waals surface area contributed by atoms with Crippen molar-refractivity contribution in [3.63, 3.8) is 0 Å². The van der Waals surface area contributed by atoms with Gasteiger partial charge >= 0.3 is 0 Å². The number of benzene rings is 12. The SMILES string of the molecule is c1ccc(-c2cc(-c3ccccc3)cc(-c3ccc(-c4c5ccccc5c(-c5ccc6c(c5)C(c5ccc7ccccc7c5)c5ccccc5-6)c5ccccc45)c4ccccc34)c2)cc1. The lowest BCUT2D eigenvalue weighted by Crippen LogP contribution is -2.00. The Bertz CT molecular complexity index is 3700. The van der Waals surface area contributed by atoms with Gasteiger partial charge in [0.05, 0.1) is 0 Å². The van der Waals surface area contributed by atoms with Crippen molar-refractivity contribution in [2.45, 2.75) is 5.92 Å². The molecule has 0 bridgehead atoms. The highest BCUT2D eigenvalue weighted by molar-refractivity contribution is 6.24. The second-order valence-corrected chi connectivity index (χ2v) is 17.5. The first-order valence-corrected chi connectivity index (χ1v) is 22.7. The molecule has 0 aromatic heterocycles. The highest BCUT2D eigenvalue weighted by Crippen LogP contribution is 2.52. The average Bonchev–Trinajstić information content (AvgIpc) is 3.71. The zero-order valence-corrected chi connectivity index (χ0v) is 35.7.